The first-order valence-electron chi connectivity index (χ1n) is 7.05. The van der Waals surface area contributed by atoms with Gasteiger partial charge in [-0.2, -0.15) is 0 Å². The maximum atomic E-state index is 11.6. The van der Waals surface area contributed by atoms with E-state index < -0.39 is 0 Å². The van der Waals surface area contributed by atoms with Crippen molar-refractivity contribution in [3.8, 4) is 0 Å². The second-order valence-electron chi connectivity index (χ2n) is 4.67. The topological polar surface area (TPSA) is 29.1 Å². The van der Waals surface area contributed by atoms with Gasteiger partial charge in [-0.25, -0.2) is 0 Å². The SMILES string of the molecule is CCCCCCCNC(=O)C=Cc1c(Cl)cccc1Cl. The highest BCUT2D eigenvalue weighted by atomic mass is 35.5. The minimum absolute atomic E-state index is 0.114. The molecule has 4 heteroatoms. The van der Waals surface area contributed by atoms with Crippen LogP contribution in [0.3, 0.4) is 0 Å². The Kier molecular flexibility index (Phi) is 8.40. The fourth-order valence-corrected chi connectivity index (χ4v) is 2.35. The van der Waals surface area contributed by atoms with Gasteiger partial charge in [-0.05, 0) is 24.6 Å². The average molecular weight is 314 g/mol. The summed E-state index contributed by atoms with van der Waals surface area (Å²) >= 11 is 12.0. The van der Waals surface area contributed by atoms with E-state index in [-0.39, 0.29) is 5.91 Å². The van der Waals surface area contributed by atoms with Crippen molar-refractivity contribution in [1.29, 1.82) is 0 Å². The van der Waals surface area contributed by atoms with Crippen molar-refractivity contribution >= 4 is 35.2 Å². The van der Waals surface area contributed by atoms with Crippen LogP contribution in [0.15, 0.2) is 24.3 Å². The van der Waals surface area contributed by atoms with Crippen molar-refractivity contribution in [2.24, 2.45) is 0 Å². The molecule has 2 nitrogen and oxygen atoms in total. The van der Waals surface area contributed by atoms with Crippen molar-refractivity contribution < 1.29 is 4.79 Å². The lowest BCUT2D eigenvalue weighted by atomic mass is 10.1. The number of carbonyl (C=O) groups is 1. The fraction of sp³-hybridized carbons (Fsp3) is 0.438. The van der Waals surface area contributed by atoms with Crippen LogP contribution in [0.1, 0.15) is 44.6 Å². The van der Waals surface area contributed by atoms with Gasteiger partial charge in [0, 0.05) is 28.2 Å². The lowest BCUT2D eigenvalue weighted by Gasteiger charge is -2.03. The number of unbranched alkanes of at least 4 members (excludes halogenated alkanes) is 4. The zero-order valence-corrected chi connectivity index (χ0v) is 13.3. The molecule has 1 aromatic rings. The molecule has 1 N–H and O–H groups in total. The van der Waals surface area contributed by atoms with Gasteiger partial charge in [0.1, 0.15) is 0 Å². The summed E-state index contributed by atoms with van der Waals surface area (Å²) in [7, 11) is 0. The molecule has 0 radical (unpaired) electrons. The molecule has 1 amide bonds. The molecule has 0 bridgehead atoms. The molecule has 0 saturated heterocycles. The molecular weight excluding hydrogens is 293 g/mol. The van der Waals surface area contributed by atoms with Gasteiger partial charge in [-0.15, -0.1) is 0 Å². The number of hydrogen-bond donors (Lipinski definition) is 1. The van der Waals surface area contributed by atoms with Crippen LogP contribution in [0.5, 0.6) is 0 Å². The Labute approximate surface area is 131 Å². The van der Waals surface area contributed by atoms with Gasteiger partial charge in [0.2, 0.25) is 5.91 Å². The van der Waals surface area contributed by atoms with Crippen molar-refractivity contribution in [1.82, 2.24) is 5.32 Å². The molecule has 110 valence electrons. The molecule has 20 heavy (non-hydrogen) atoms. The third-order valence-electron chi connectivity index (χ3n) is 2.98. The predicted octanol–water partition coefficient (Wildman–Crippen LogP) is 5.09. The van der Waals surface area contributed by atoms with Gasteiger partial charge < -0.3 is 5.32 Å². The molecule has 0 aliphatic rings. The number of rotatable bonds is 8. The highest BCUT2D eigenvalue weighted by Crippen LogP contribution is 2.25. The Morgan fingerprint density at radius 3 is 2.45 bits per heavy atom. The quantitative estimate of drug-likeness (QED) is 0.525. The largest absolute Gasteiger partial charge is 0.353 e. The summed E-state index contributed by atoms with van der Waals surface area (Å²) < 4.78 is 0. The summed E-state index contributed by atoms with van der Waals surface area (Å²) in [5, 5.41) is 3.94. The van der Waals surface area contributed by atoms with E-state index in [9.17, 15) is 4.79 Å². The summed E-state index contributed by atoms with van der Waals surface area (Å²) in [6.07, 6.45) is 9.03. The highest BCUT2D eigenvalue weighted by Gasteiger charge is 2.02. The van der Waals surface area contributed by atoms with Crippen LogP contribution in [-0.2, 0) is 4.79 Å². The first kappa shape index (κ1) is 17.1. The molecule has 0 aromatic heterocycles. The van der Waals surface area contributed by atoms with E-state index in [1.54, 1.807) is 24.3 Å². The fourth-order valence-electron chi connectivity index (χ4n) is 1.83. The average Bonchev–Trinajstić information content (AvgIpc) is 2.42. The summed E-state index contributed by atoms with van der Waals surface area (Å²) in [5.74, 6) is -0.114. The first-order chi connectivity index (χ1) is 9.65. The van der Waals surface area contributed by atoms with E-state index >= 15 is 0 Å². The normalized spacial score (nSPS) is 10.9. The molecule has 1 rings (SSSR count). The molecule has 0 aliphatic heterocycles. The molecule has 0 heterocycles. The lowest BCUT2D eigenvalue weighted by Crippen LogP contribution is -2.21. The zero-order chi connectivity index (χ0) is 14.8. The van der Waals surface area contributed by atoms with Crippen molar-refractivity contribution in [2.45, 2.75) is 39.0 Å². The Balaban J connectivity index is 2.33. The summed E-state index contributed by atoms with van der Waals surface area (Å²) in [4.78, 5) is 11.6. The van der Waals surface area contributed by atoms with Crippen LogP contribution in [-0.4, -0.2) is 12.5 Å². The smallest absolute Gasteiger partial charge is 0.244 e. The highest BCUT2D eigenvalue weighted by molar-refractivity contribution is 6.37. The van der Waals surface area contributed by atoms with Gasteiger partial charge in [-0.3, -0.25) is 4.79 Å². The molecular formula is C16H21Cl2NO. The van der Waals surface area contributed by atoms with Crippen LogP contribution in [0.2, 0.25) is 10.0 Å². The molecule has 0 unspecified atom stereocenters. The molecule has 0 fully saturated rings. The predicted molar refractivity (Wildman–Crippen MR) is 87.3 cm³/mol. The van der Waals surface area contributed by atoms with E-state index in [2.05, 4.69) is 12.2 Å². The van der Waals surface area contributed by atoms with Gasteiger partial charge >= 0.3 is 0 Å². The molecule has 0 atom stereocenters. The zero-order valence-electron chi connectivity index (χ0n) is 11.8. The third kappa shape index (κ3) is 6.44. The van der Waals surface area contributed by atoms with E-state index in [4.69, 9.17) is 23.2 Å². The van der Waals surface area contributed by atoms with E-state index in [1.807, 2.05) is 0 Å². The summed E-state index contributed by atoms with van der Waals surface area (Å²) in [5.41, 5.74) is 0.675. The van der Waals surface area contributed by atoms with Gasteiger partial charge in [0.05, 0.1) is 0 Å². The third-order valence-corrected chi connectivity index (χ3v) is 3.64. The minimum atomic E-state index is -0.114. The van der Waals surface area contributed by atoms with Gasteiger partial charge in [-0.1, -0.05) is 61.9 Å². The molecule has 0 aliphatic carbocycles. The van der Waals surface area contributed by atoms with Crippen LogP contribution in [0.4, 0.5) is 0 Å². The summed E-state index contributed by atoms with van der Waals surface area (Å²) in [6.45, 7) is 2.90. The Hall–Kier alpha value is -0.990. The van der Waals surface area contributed by atoms with Crippen molar-refractivity contribution in [3.63, 3.8) is 0 Å². The Bertz CT molecular complexity index is 438. The molecule has 1 aromatic carbocycles. The maximum Gasteiger partial charge on any atom is 0.244 e. The second-order valence-corrected chi connectivity index (χ2v) is 5.49. The van der Waals surface area contributed by atoms with E-state index in [0.29, 0.717) is 22.2 Å². The molecule has 0 spiro atoms. The van der Waals surface area contributed by atoms with Crippen LogP contribution >= 0.6 is 23.2 Å². The van der Waals surface area contributed by atoms with Crippen LogP contribution in [0, 0.1) is 0 Å². The van der Waals surface area contributed by atoms with Crippen molar-refractivity contribution in [3.05, 3.63) is 39.9 Å². The number of amides is 1. The van der Waals surface area contributed by atoms with Crippen LogP contribution < -0.4 is 5.32 Å². The monoisotopic (exact) mass is 313 g/mol. The standard InChI is InChI=1S/C16H21Cl2NO/c1-2-3-4-5-6-12-19-16(20)11-10-13-14(17)8-7-9-15(13)18/h7-11H,2-6,12H2,1H3,(H,19,20). The van der Waals surface area contributed by atoms with Gasteiger partial charge in [0.25, 0.3) is 0 Å². The first-order valence-corrected chi connectivity index (χ1v) is 7.80. The van der Waals surface area contributed by atoms with E-state index in [1.165, 1.54) is 25.3 Å². The van der Waals surface area contributed by atoms with Crippen LogP contribution in [0.25, 0.3) is 6.08 Å². The minimum Gasteiger partial charge on any atom is -0.353 e. The Morgan fingerprint density at radius 2 is 1.80 bits per heavy atom. The number of hydrogen-bond acceptors (Lipinski definition) is 1. The number of nitrogens with one attached hydrogen (secondary N) is 1. The van der Waals surface area contributed by atoms with Gasteiger partial charge in [0.15, 0.2) is 0 Å². The lowest BCUT2D eigenvalue weighted by molar-refractivity contribution is -0.116. The second kappa shape index (κ2) is 9.84. The van der Waals surface area contributed by atoms with E-state index in [0.717, 1.165) is 12.8 Å². The maximum absolute atomic E-state index is 11.6. The number of carbonyl (C=O) groups excluding carboxylic acids is 1. The number of halogens is 2. The molecule has 0 saturated carbocycles. The Morgan fingerprint density at radius 1 is 1.15 bits per heavy atom. The summed E-state index contributed by atoms with van der Waals surface area (Å²) in [6, 6.07) is 5.27. The number of benzene rings is 1. The van der Waals surface area contributed by atoms with Crippen molar-refractivity contribution in [2.75, 3.05) is 6.54 Å².